The van der Waals surface area contributed by atoms with Crippen molar-refractivity contribution in [2.24, 2.45) is 0 Å². The number of nitrogens with zero attached hydrogens (tertiary/aromatic N) is 5. The van der Waals surface area contributed by atoms with Crippen molar-refractivity contribution >= 4 is 24.3 Å². The van der Waals surface area contributed by atoms with Gasteiger partial charge in [0, 0.05) is 41.4 Å². The Kier molecular flexibility index (Phi) is 6.74. The molecule has 10 heteroatoms. The average molecular weight is 481 g/mol. The van der Waals surface area contributed by atoms with Gasteiger partial charge in [0.1, 0.15) is 12.8 Å². The molecular formula is C24H30N7O2S+. The molecular weight excluding hydrogens is 450 g/mol. The summed E-state index contributed by atoms with van der Waals surface area (Å²) in [5, 5.41) is 13.8. The van der Waals surface area contributed by atoms with Crippen LogP contribution in [0.2, 0.25) is 0 Å². The zero-order valence-corrected chi connectivity index (χ0v) is 20.5. The van der Waals surface area contributed by atoms with Gasteiger partial charge in [-0.2, -0.15) is 10.6 Å². The van der Waals surface area contributed by atoms with Gasteiger partial charge in [0.25, 0.3) is 0 Å². The lowest BCUT2D eigenvalue weighted by Crippen LogP contribution is -2.43. The normalized spacial score (nSPS) is 15.3. The Bertz CT molecular complexity index is 1160. The Morgan fingerprint density at radius 3 is 2.53 bits per heavy atom. The lowest BCUT2D eigenvalue weighted by Gasteiger charge is -2.28. The summed E-state index contributed by atoms with van der Waals surface area (Å²) in [6, 6.07) is 7.91. The van der Waals surface area contributed by atoms with Crippen LogP contribution in [-0.2, 0) is 5.41 Å². The van der Waals surface area contributed by atoms with Crippen LogP contribution >= 0.6 is 12.8 Å². The number of aromatic nitrogens is 4. The van der Waals surface area contributed by atoms with Crippen LogP contribution in [0.25, 0.3) is 11.3 Å². The van der Waals surface area contributed by atoms with E-state index >= 15 is 0 Å². The molecule has 1 unspecified atom stereocenters. The molecule has 1 atom stereocenters. The summed E-state index contributed by atoms with van der Waals surface area (Å²) in [4.78, 5) is 17.6. The van der Waals surface area contributed by atoms with Gasteiger partial charge in [0.2, 0.25) is 5.88 Å². The van der Waals surface area contributed by atoms with E-state index in [0.29, 0.717) is 24.0 Å². The molecule has 1 fully saturated rings. The van der Waals surface area contributed by atoms with Crippen LogP contribution in [0.3, 0.4) is 0 Å². The Hall–Kier alpha value is -3.21. The van der Waals surface area contributed by atoms with Crippen molar-refractivity contribution in [2.75, 3.05) is 17.3 Å². The van der Waals surface area contributed by atoms with E-state index in [1.165, 1.54) is 0 Å². The molecule has 1 saturated carbocycles. The van der Waals surface area contributed by atoms with E-state index in [-0.39, 0.29) is 6.04 Å². The van der Waals surface area contributed by atoms with Gasteiger partial charge >= 0.3 is 0 Å². The van der Waals surface area contributed by atoms with Crippen LogP contribution in [-0.4, -0.2) is 42.0 Å². The molecule has 1 aliphatic rings. The van der Waals surface area contributed by atoms with E-state index in [1.807, 2.05) is 45.0 Å². The molecule has 3 aromatic rings. The molecule has 9 nitrogen and oxygen atoms in total. The van der Waals surface area contributed by atoms with E-state index in [9.17, 15) is 5.21 Å². The lowest BCUT2D eigenvalue weighted by molar-refractivity contribution is -0.981. The van der Waals surface area contributed by atoms with Gasteiger partial charge in [-0.25, -0.2) is 9.97 Å². The van der Waals surface area contributed by atoms with Gasteiger partial charge in [-0.15, -0.1) is 0 Å². The lowest BCUT2D eigenvalue weighted by atomic mass is 9.86. The predicted octanol–water partition coefficient (Wildman–Crippen LogP) is 4.78. The molecule has 0 saturated heterocycles. The largest absolute Gasteiger partial charge is 0.477 e. The smallest absolute Gasteiger partial charge is 0.232 e. The highest BCUT2D eigenvalue weighted by Crippen LogP contribution is 2.35. The number of hydroxylamine groups is 1. The van der Waals surface area contributed by atoms with E-state index in [0.717, 1.165) is 35.5 Å². The highest BCUT2D eigenvalue weighted by molar-refractivity contribution is 7.74. The summed E-state index contributed by atoms with van der Waals surface area (Å²) in [5.41, 5.74) is 6.40. The quantitative estimate of drug-likeness (QED) is 0.187. The fraction of sp³-hybridized carbons (Fsp3) is 0.333. The van der Waals surface area contributed by atoms with Crippen LogP contribution < -0.4 is 15.5 Å². The Labute approximate surface area is 205 Å². The third kappa shape index (κ3) is 5.46. The first-order valence-corrected chi connectivity index (χ1v) is 11.6. The molecule has 4 rings (SSSR count). The van der Waals surface area contributed by atoms with Crippen LogP contribution in [0.15, 0.2) is 61.3 Å². The first kappa shape index (κ1) is 23.9. The SMILES string of the molecule is C=C(Nc1ccc(-c2cncc(OCC)n2)cc1)C(C)(C)c1cncc(N[N+](O)(S)C2CC2)n1. The second kappa shape index (κ2) is 9.57. The number of ether oxygens (including phenoxy) is 1. The minimum Gasteiger partial charge on any atom is -0.477 e. The van der Waals surface area contributed by atoms with Crippen LogP contribution in [0.1, 0.15) is 39.3 Å². The Morgan fingerprint density at radius 2 is 1.85 bits per heavy atom. The maximum absolute atomic E-state index is 10.4. The number of nitrogens with one attached hydrogen (secondary N) is 2. The van der Waals surface area contributed by atoms with Crippen molar-refractivity contribution in [1.82, 2.24) is 19.9 Å². The summed E-state index contributed by atoms with van der Waals surface area (Å²) in [7, 11) is 0. The summed E-state index contributed by atoms with van der Waals surface area (Å²) in [6.07, 6.45) is 8.41. The standard InChI is InChI=1S/C24H30N7O2S/c1-5-33-23-15-25-12-20(28-23)17-6-8-18(9-7-17)27-16(2)24(3,4)21-13-26-14-22(29-21)30-31(32,34)19-10-11-19/h6-9,12-15,19,27,32,34H,2,5,10-11H2,1,3-4H3,(H,29,30)/q+1. The van der Waals surface area contributed by atoms with Gasteiger partial charge in [-0.05, 0) is 37.1 Å². The minimum absolute atomic E-state index is 0.0500. The molecule has 34 heavy (non-hydrogen) atoms. The number of thiol groups is 1. The number of hydrogen-bond donors (Lipinski definition) is 4. The predicted molar refractivity (Wildman–Crippen MR) is 134 cm³/mol. The average Bonchev–Trinajstić information content (AvgIpc) is 3.66. The molecule has 2 heterocycles. The molecule has 0 aliphatic heterocycles. The Morgan fingerprint density at radius 1 is 1.15 bits per heavy atom. The molecule has 0 bridgehead atoms. The minimum atomic E-state index is -0.595. The summed E-state index contributed by atoms with van der Waals surface area (Å²) in [6.45, 7) is 10.7. The van der Waals surface area contributed by atoms with Crippen molar-refractivity contribution in [3.63, 3.8) is 0 Å². The molecule has 0 amide bonds. The number of benzene rings is 1. The molecule has 1 aromatic carbocycles. The maximum Gasteiger partial charge on any atom is 0.232 e. The topological polar surface area (TPSA) is 105 Å². The number of quaternary nitrogens is 1. The van der Waals surface area contributed by atoms with Crippen LogP contribution in [0, 0.1) is 0 Å². The van der Waals surface area contributed by atoms with E-state index in [2.05, 4.69) is 50.1 Å². The van der Waals surface area contributed by atoms with Crippen molar-refractivity contribution in [2.45, 2.75) is 45.1 Å². The first-order valence-electron chi connectivity index (χ1n) is 11.2. The van der Waals surface area contributed by atoms with Gasteiger partial charge in [-0.1, -0.05) is 18.7 Å². The second-order valence-corrected chi connectivity index (χ2v) is 9.37. The van der Waals surface area contributed by atoms with E-state index in [1.54, 1.807) is 24.8 Å². The Balaban J connectivity index is 1.45. The second-order valence-electron chi connectivity index (χ2n) is 8.76. The molecule has 178 valence electrons. The summed E-state index contributed by atoms with van der Waals surface area (Å²) in [5.74, 6) is 0.949. The van der Waals surface area contributed by atoms with Crippen molar-refractivity contribution < 1.29 is 14.1 Å². The molecule has 0 spiro atoms. The summed E-state index contributed by atoms with van der Waals surface area (Å²) >= 11 is 4.29. The molecule has 3 N–H and O–H groups in total. The third-order valence-electron chi connectivity index (χ3n) is 5.75. The fourth-order valence-electron chi connectivity index (χ4n) is 3.33. The van der Waals surface area contributed by atoms with Gasteiger partial charge < -0.3 is 10.1 Å². The molecule has 2 aromatic heterocycles. The number of allylic oxidation sites excluding steroid dienone is 1. The zero-order valence-electron chi connectivity index (χ0n) is 19.6. The zero-order chi connectivity index (χ0) is 24.3. The van der Waals surface area contributed by atoms with Gasteiger partial charge in [0.15, 0.2) is 11.9 Å². The molecule has 1 aliphatic carbocycles. The first-order chi connectivity index (χ1) is 16.2. The highest BCUT2D eigenvalue weighted by Gasteiger charge is 2.44. The van der Waals surface area contributed by atoms with Crippen LogP contribution in [0.5, 0.6) is 5.88 Å². The van der Waals surface area contributed by atoms with E-state index in [4.69, 9.17) is 4.74 Å². The van der Waals surface area contributed by atoms with Crippen molar-refractivity contribution in [3.8, 4) is 17.1 Å². The maximum atomic E-state index is 10.4. The summed E-state index contributed by atoms with van der Waals surface area (Å²) < 4.78 is 4.85. The molecule has 0 radical (unpaired) electrons. The number of hydrogen-bond acceptors (Lipinski definition) is 9. The van der Waals surface area contributed by atoms with Crippen LogP contribution in [0.4, 0.5) is 11.5 Å². The fourth-order valence-corrected chi connectivity index (χ4v) is 3.66. The van der Waals surface area contributed by atoms with E-state index < -0.39 is 9.58 Å². The highest BCUT2D eigenvalue weighted by atomic mass is 32.1. The van der Waals surface area contributed by atoms with Crippen molar-refractivity contribution in [3.05, 3.63) is 67.0 Å². The van der Waals surface area contributed by atoms with Crippen molar-refractivity contribution in [1.29, 1.82) is 0 Å². The number of rotatable bonds is 10. The van der Waals surface area contributed by atoms with Gasteiger partial charge in [-0.3, -0.25) is 9.97 Å². The van der Waals surface area contributed by atoms with Gasteiger partial charge in [0.05, 0.1) is 36.6 Å². The third-order valence-corrected chi connectivity index (χ3v) is 6.17. The monoisotopic (exact) mass is 480 g/mol. The number of anilines is 2.